The van der Waals surface area contributed by atoms with Crippen LogP contribution < -0.4 is 0 Å². The number of aromatic nitrogens is 1. The van der Waals surface area contributed by atoms with Crippen LogP contribution in [0.5, 0.6) is 0 Å². The summed E-state index contributed by atoms with van der Waals surface area (Å²) in [5.74, 6) is -0.153. The molecule has 1 aliphatic rings. The van der Waals surface area contributed by atoms with E-state index in [1.165, 1.54) is 5.56 Å². The molecule has 2 unspecified atom stereocenters. The number of pyridine rings is 1. The number of fused-ring (bicyclic) bond motifs is 1. The lowest BCUT2D eigenvalue weighted by molar-refractivity contribution is -0.137. The molecule has 0 bridgehead atoms. The molecule has 0 aliphatic heterocycles. The molecule has 0 spiro atoms. The molecule has 0 amide bonds. The van der Waals surface area contributed by atoms with Crippen LogP contribution in [-0.2, 0) is 11.2 Å². The molecule has 1 aliphatic carbocycles. The Morgan fingerprint density at radius 2 is 2.50 bits per heavy atom. The summed E-state index contributed by atoms with van der Waals surface area (Å²) in [5, 5.41) is 8.80. The summed E-state index contributed by atoms with van der Waals surface area (Å²) in [4.78, 5) is 14.7. The molecule has 0 fully saturated rings. The molecular formula is C11H13NO2. The molecule has 0 saturated heterocycles. The minimum Gasteiger partial charge on any atom is -0.481 e. The molecule has 1 heterocycles. The highest BCUT2D eigenvalue weighted by Crippen LogP contribution is 2.39. The van der Waals surface area contributed by atoms with Crippen molar-refractivity contribution in [3.8, 4) is 0 Å². The van der Waals surface area contributed by atoms with Gasteiger partial charge in [0, 0.05) is 12.4 Å². The normalized spacial score (nSPS) is 24.6. The first kappa shape index (κ1) is 9.19. The fraction of sp³-hybridized carbons (Fsp3) is 0.455. The average molecular weight is 191 g/mol. The van der Waals surface area contributed by atoms with Crippen molar-refractivity contribution in [3.05, 3.63) is 29.6 Å². The molecule has 1 N–H and O–H groups in total. The van der Waals surface area contributed by atoms with Crippen LogP contribution in [0.2, 0.25) is 0 Å². The maximum Gasteiger partial charge on any atom is 0.303 e. The highest BCUT2D eigenvalue weighted by Gasteiger charge is 2.30. The number of carboxylic acids is 1. The second-order valence-corrected chi connectivity index (χ2v) is 3.96. The lowest BCUT2D eigenvalue weighted by Gasteiger charge is -2.13. The fourth-order valence-corrected chi connectivity index (χ4v) is 2.25. The Morgan fingerprint density at radius 1 is 1.71 bits per heavy atom. The smallest absolute Gasteiger partial charge is 0.303 e. The standard InChI is InChI=1S/C11H13NO2/c1-7-4-8-2-3-12-6-10(8)9(7)5-11(13)14/h2-3,6-7,9H,4-5H2,1H3,(H,13,14). The van der Waals surface area contributed by atoms with Gasteiger partial charge in [-0.25, -0.2) is 0 Å². The fourth-order valence-electron chi connectivity index (χ4n) is 2.25. The lowest BCUT2D eigenvalue weighted by atomic mass is 9.92. The van der Waals surface area contributed by atoms with Crippen LogP contribution in [0.4, 0.5) is 0 Å². The van der Waals surface area contributed by atoms with Gasteiger partial charge in [0.25, 0.3) is 0 Å². The van der Waals surface area contributed by atoms with Gasteiger partial charge in [0.15, 0.2) is 0 Å². The Balaban J connectivity index is 2.30. The maximum absolute atomic E-state index is 10.7. The zero-order chi connectivity index (χ0) is 10.1. The van der Waals surface area contributed by atoms with Gasteiger partial charge in [0.1, 0.15) is 0 Å². The van der Waals surface area contributed by atoms with Gasteiger partial charge in [0.05, 0.1) is 6.42 Å². The number of aliphatic carboxylic acids is 1. The van der Waals surface area contributed by atoms with Crippen LogP contribution in [-0.4, -0.2) is 16.1 Å². The second-order valence-electron chi connectivity index (χ2n) is 3.96. The number of hydrogen-bond donors (Lipinski definition) is 1. The van der Waals surface area contributed by atoms with Gasteiger partial charge in [0.2, 0.25) is 0 Å². The third-order valence-electron chi connectivity index (χ3n) is 2.97. The predicted octanol–water partition coefficient (Wildman–Crippen LogP) is 1.83. The molecule has 14 heavy (non-hydrogen) atoms. The number of nitrogens with zero attached hydrogens (tertiary/aromatic N) is 1. The summed E-state index contributed by atoms with van der Waals surface area (Å²) < 4.78 is 0. The number of hydrogen-bond acceptors (Lipinski definition) is 2. The number of carboxylic acid groups (broad SMARTS) is 1. The van der Waals surface area contributed by atoms with Gasteiger partial charge >= 0.3 is 5.97 Å². The third kappa shape index (κ3) is 1.50. The minimum atomic E-state index is -0.724. The summed E-state index contributed by atoms with van der Waals surface area (Å²) in [6.07, 6.45) is 4.79. The molecule has 0 radical (unpaired) electrons. The summed E-state index contributed by atoms with van der Waals surface area (Å²) >= 11 is 0. The molecule has 74 valence electrons. The van der Waals surface area contributed by atoms with E-state index in [2.05, 4.69) is 11.9 Å². The monoisotopic (exact) mass is 191 g/mol. The van der Waals surface area contributed by atoms with Crippen LogP contribution in [0, 0.1) is 5.92 Å². The van der Waals surface area contributed by atoms with E-state index in [-0.39, 0.29) is 12.3 Å². The topological polar surface area (TPSA) is 50.2 Å². The van der Waals surface area contributed by atoms with Crippen molar-refractivity contribution in [1.82, 2.24) is 4.98 Å². The Hall–Kier alpha value is -1.38. The summed E-state index contributed by atoms with van der Waals surface area (Å²) in [6.45, 7) is 2.10. The minimum absolute atomic E-state index is 0.149. The van der Waals surface area contributed by atoms with Crippen molar-refractivity contribution in [3.63, 3.8) is 0 Å². The molecule has 2 rings (SSSR count). The van der Waals surface area contributed by atoms with Crippen molar-refractivity contribution in [2.75, 3.05) is 0 Å². The lowest BCUT2D eigenvalue weighted by Crippen LogP contribution is -2.09. The number of rotatable bonds is 2. The zero-order valence-corrected chi connectivity index (χ0v) is 8.10. The van der Waals surface area contributed by atoms with E-state index in [1.807, 2.05) is 12.3 Å². The van der Waals surface area contributed by atoms with Gasteiger partial charge < -0.3 is 5.11 Å². The van der Waals surface area contributed by atoms with Crippen LogP contribution in [0.1, 0.15) is 30.4 Å². The zero-order valence-electron chi connectivity index (χ0n) is 8.10. The first-order valence-electron chi connectivity index (χ1n) is 4.83. The Kier molecular flexibility index (Phi) is 2.23. The van der Waals surface area contributed by atoms with Crippen LogP contribution in [0.25, 0.3) is 0 Å². The Labute approximate surface area is 82.8 Å². The molecule has 2 atom stereocenters. The predicted molar refractivity (Wildman–Crippen MR) is 52.1 cm³/mol. The van der Waals surface area contributed by atoms with Crippen molar-refractivity contribution < 1.29 is 9.90 Å². The van der Waals surface area contributed by atoms with E-state index in [4.69, 9.17) is 5.11 Å². The van der Waals surface area contributed by atoms with Crippen molar-refractivity contribution in [1.29, 1.82) is 0 Å². The van der Waals surface area contributed by atoms with Crippen LogP contribution in [0.3, 0.4) is 0 Å². The molecular weight excluding hydrogens is 178 g/mol. The van der Waals surface area contributed by atoms with Crippen molar-refractivity contribution in [2.45, 2.75) is 25.7 Å². The van der Waals surface area contributed by atoms with Gasteiger partial charge in [-0.1, -0.05) is 6.92 Å². The average Bonchev–Trinajstić information content (AvgIpc) is 2.43. The third-order valence-corrected chi connectivity index (χ3v) is 2.97. The first-order chi connectivity index (χ1) is 6.68. The van der Waals surface area contributed by atoms with E-state index in [0.29, 0.717) is 5.92 Å². The summed E-state index contributed by atoms with van der Waals surface area (Å²) in [6, 6.07) is 1.99. The van der Waals surface area contributed by atoms with E-state index in [1.54, 1.807) is 6.20 Å². The first-order valence-corrected chi connectivity index (χ1v) is 4.83. The Morgan fingerprint density at radius 3 is 3.21 bits per heavy atom. The van der Waals surface area contributed by atoms with Crippen LogP contribution in [0.15, 0.2) is 18.5 Å². The summed E-state index contributed by atoms with van der Waals surface area (Å²) in [7, 11) is 0. The second kappa shape index (κ2) is 3.40. The van der Waals surface area contributed by atoms with Crippen molar-refractivity contribution >= 4 is 5.97 Å². The summed E-state index contributed by atoms with van der Waals surface area (Å²) in [5.41, 5.74) is 2.39. The van der Waals surface area contributed by atoms with E-state index in [0.717, 1.165) is 12.0 Å². The van der Waals surface area contributed by atoms with E-state index < -0.39 is 5.97 Å². The van der Waals surface area contributed by atoms with E-state index >= 15 is 0 Å². The van der Waals surface area contributed by atoms with Gasteiger partial charge in [-0.2, -0.15) is 0 Å². The van der Waals surface area contributed by atoms with Gasteiger partial charge in [-0.15, -0.1) is 0 Å². The molecule has 3 nitrogen and oxygen atoms in total. The molecule has 0 aromatic carbocycles. The molecule has 3 heteroatoms. The molecule has 1 aromatic heterocycles. The quantitative estimate of drug-likeness (QED) is 0.775. The van der Waals surface area contributed by atoms with Gasteiger partial charge in [-0.3, -0.25) is 9.78 Å². The van der Waals surface area contributed by atoms with E-state index in [9.17, 15) is 4.79 Å². The Bertz CT molecular complexity index is 362. The highest BCUT2D eigenvalue weighted by atomic mass is 16.4. The molecule has 0 saturated carbocycles. The molecule has 1 aromatic rings. The number of carbonyl (C=O) groups is 1. The van der Waals surface area contributed by atoms with Crippen LogP contribution >= 0.6 is 0 Å². The highest BCUT2D eigenvalue weighted by molar-refractivity contribution is 5.68. The largest absolute Gasteiger partial charge is 0.481 e. The SMILES string of the molecule is CC1Cc2ccncc2C1CC(=O)O. The maximum atomic E-state index is 10.7. The van der Waals surface area contributed by atoms with Gasteiger partial charge in [-0.05, 0) is 35.4 Å². The van der Waals surface area contributed by atoms with Crippen molar-refractivity contribution in [2.24, 2.45) is 5.92 Å².